The van der Waals surface area contributed by atoms with Gasteiger partial charge in [0.1, 0.15) is 5.75 Å². The van der Waals surface area contributed by atoms with E-state index in [1.807, 2.05) is 25.1 Å². The largest absolute Gasteiger partial charge is 0.496 e. The van der Waals surface area contributed by atoms with Crippen LogP contribution in [0.5, 0.6) is 5.75 Å². The maximum Gasteiger partial charge on any atom is 0.308 e. The zero-order chi connectivity index (χ0) is 14.0. The first-order valence-corrected chi connectivity index (χ1v) is 6.17. The normalized spacial score (nSPS) is 22.7. The quantitative estimate of drug-likeness (QED) is 0.862. The Bertz CT molecular complexity index is 512. The van der Waals surface area contributed by atoms with Crippen molar-refractivity contribution in [1.29, 1.82) is 0 Å². The summed E-state index contributed by atoms with van der Waals surface area (Å²) < 4.78 is 5.29. The SMILES string of the molecule is COc1ccc(C)cc1C1CC(=O)NCC1C(=O)O. The first-order valence-electron chi connectivity index (χ1n) is 6.17. The molecule has 5 heteroatoms. The van der Waals surface area contributed by atoms with Gasteiger partial charge in [0.25, 0.3) is 0 Å². The average Bonchev–Trinajstić information content (AvgIpc) is 2.38. The lowest BCUT2D eigenvalue weighted by Crippen LogP contribution is -2.43. The van der Waals surface area contributed by atoms with Crippen molar-refractivity contribution < 1.29 is 19.4 Å². The summed E-state index contributed by atoms with van der Waals surface area (Å²) in [6, 6.07) is 5.62. The number of hydrogen-bond acceptors (Lipinski definition) is 3. The number of hydrogen-bond donors (Lipinski definition) is 2. The van der Waals surface area contributed by atoms with Crippen molar-refractivity contribution in [3.05, 3.63) is 29.3 Å². The molecular formula is C14H17NO4. The number of benzene rings is 1. The van der Waals surface area contributed by atoms with Gasteiger partial charge in [-0.3, -0.25) is 9.59 Å². The Hall–Kier alpha value is -2.04. The molecule has 1 aliphatic heterocycles. The third-order valence-corrected chi connectivity index (χ3v) is 3.51. The van der Waals surface area contributed by atoms with E-state index in [9.17, 15) is 14.7 Å². The molecular weight excluding hydrogens is 246 g/mol. The molecule has 0 spiro atoms. The summed E-state index contributed by atoms with van der Waals surface area (Å²) in [7, 11) is 1.55. The van der Waals surface area contributed by atoms with Crippen molar-refractivity contribution in [2.75, 3.05) is 13.7 Å². The van der Waals surface area contributed by atoms with Gasteiger partial charge in [-0.2, -0.15) is 0 Å². The maximum atomic E-state index is 11.6. The van der Waals surface area contributed by atoms with Crippen LogP contribution in [0, 0.1) is 12.8 Å². The summed E-state index contributed by atoms with van der Waals surface area (Å²) in [6.45, 7) is 2.09. The number of aryl methyl sites for hydroxylation is 1. The Labute approximate surface area is 111 Å². The maximum absolute atomic E-state index is 11.6. The number of carbonyl (C=O) groups excluding carboxylic acids is 1. The van der Waals surface area contributed by atoms with Crippen LogP contribution in [0.4, 0.5) is 0 Å². The highest BCUT2D eigenvalue weighted by Crippen LogP contribution is 2.37. The molecule has 2 rings (SSSR count). The van der Waals surface area contributed by atoms with E-state index < -0.39 is 11.9 Å². The van der Waals surface area contributed by atoms with E-state index in [1.54, 1.807) is 7.11 Å². The molecule has 5 nitrogen and oxygen atoms in total. The molecule has 1 saturated heterocycles. The Kier molecular flexibility index (Phi) is 3.74. The zero-order valence-corrected chi connectivity index (χ0v) is 11.0. The standard InChI is InChI=1S/C14H17NO4/c1-8-3-4-12(19-2)10(5-8)9-6-13(16)15-7-11(9)14(17)18/h3-5,9,11H,6-7H2,1-2H3,(H,15,16)(H,17,18). The highest BCUT2D eigenvalue weighted by molar-refractivity contribution is 5.82. The summed E-state index contributed by atoms with van der Waals surface area (Å²) in [4.78, 5) is 22.9. The summed E-state index contributed by atoms with van der Waals surface area (Å²) in [5.74, 6) is -1.34. The van der Waals surface area contributed by atoms with E-state index in [0.717, 1.165) is 11.1 Å². The fourth-order valence-electron chi connectivity index (χ4n) is 2.51. The van der Waals surface area contributed by atoms with E-state index in [1.165, 1.54) is 0 Å². The highest BCUT2D eigenvalue weighted by Gasteiger charge is 2.36. The van der Waals surface area contributed by atoms with Crippen LogP contribution < -0.4 is 10.1 Å². The monoisotopic (exact) mass is 263 g/mol. The molecule has 0 aromatic heterocycles. The van der Waals surface area contributed by atoms with Crippen LogP contribution in [0.25, 0.3) is 0 Å². The van der Waals surface area contributed by atoms with Crippen LogP contribution in [-0.4, -0.2) is 30.6 Å². The molecule has 0 saturated carbocycles. The lowest BCUT2D eigenvalue weighted by atomic mass is 9.80. The number of ether oxygens (including phenoxy) is 1. The van der Waals surface area contributed by atoms with Crippen molar-refractivity contribution in [2.45, 2.75) is 19.3 Å². The van der Waals surface area contributed by atoms with Crippen molar-refractivity contribution >= 4 is 11.9 Å². The number of piperidine rings is 1. The number of carbonyl (C=O) groups is 2. The minimum Gasteiger partial charge on any atom is -0.496 e. The van der Waals surface area contributed by atoms with E-state index in [0.29, 0.717) is 5.75 Å². The first kappa shape index (κ1) is 13.4. The predicted molar refractivity (Wildman–Crippen MR) is 69.2 cm³/mol. The number of aliphatic carboxylic acids is 1. The van der Waals surface area contributed by atoms with Gasteiger partial charge in [-0.15, -0.1) is 0 Å². The van der Waals surface area contributed by atoms with Gasteiger partial charge in [0.05, 0.1) is 13.0 Å². The van der Waals surface area contributed by atoms with Gasteiger partial charge in [-0.25, -0.2) is 0 Å². The molecule has 1 aromatic carbocycles. The highest BCUT2D eigenvalue weighted by atomic mass is 16.5. The summed E-state index contributed by atoms with van der Waals surface area (Å²) in [5.41, 5.74) is 1.82. The smallest absolute Gasteiger partial charge is 0.308 e. The molecule has 0 radical (unpaired) electrons. The molecule has 0 aliphatic carbocycles. The Balaban J connectivity index is 2.43. The lowest BCUT2D eigenvalue weighted by molar-refractivity contribution is -0.144. The van der Waals surface area contributed by atoms with Gasteiger partial charge in [0.15, 0.2) is 0 Å². The predicted octanol–water partition coefficient (Wildman–Crippen LogP) is 1.31. The van der Waals surface area contributed by atoms with Gasteiger partial charge in [0.2, 0.25) is 5.91 Å². The average molecular weight is 263 g/mol. The Morgan fingerprint density at radius 3 is 2.84 bits per heavy atom. The van der Waals surface area contributed by atoms with Gasteiger partial charge in [-0.05, 0) is 18.6 Å². The molecule has 1 amide bonds. The minimum absolute atomic E-state index is 0.119. The summed E-state index contributed by atoms with van der Waals surface area (Å²) in [5, 5.41) is 11.9. The van der Waals surface area contributed by atoms with Crippen molar-refractivity contribution in [2.24, 2.45) is 5.92 Å². The minimum atomic E-state index is -0.895. The molecule has 102 valence electrons. The van der Waals surface area contributed by atoms with Crippen molar-refractivity contribution in [1.82, 2.24) is 5.32 Å². The van der Waals surface area contributed by atoms with Crippen molar-refractivity contribution in [3.63, 3.8) is 0 Å². The third kappa shape index (κ3) is 2.70. The fourth-order valence-corrected chi connectivity index (χ4v) is 2.51. The molecule has 1 fully saturated rings. The number of methoxy groups -OCH3 is 1. The number of carboxylic acids is 1. The molecule has 19 heavy (non-hydrogen) atoms. The number of rotatable bonds is 3. The molecule has 0 bridgehead atoms. The van der Waals surface area contributed by atoms with Crippen LogP contribution in [0.15, 0.2) is 18.2 Å². The second-order valence-electron chi connectivity index (χ2n) is 4.80. The summed E-state index contributed by atoms with van der Waals surface area (Å²) >= 11 is 0. The van der Waals surface area contributed by atoms with Crippen molar-refractivity contribution in [3.8, 4) is 5.75 Å². The van der Waals surface area contributed by atoms with E-state index in [4.69, 9.17) is 4.74 Å². The van der Waals surface area contributed by atoms with Crippen LogP contribution in [-0.2, 0) is 9.59 Å². The Morgan fingerprint density at radius 1 is 1.47 bits per heavy atom. The molecule has 1 aromatic rings. The third-order valence-electron chi connectivity index (χ3n) is 3.51. The second kappa shape index (κ2) is 5.30. The number of nitrogens with one attached hydrogen (secondary N) is 1. The van der Waals surface area contributed by atoms with Crippen LogP contribution in [0.1, 0.15) is 23.5 Å². The molecule has 2 unspecified atom stereocenters. The van der Waals surface area contributed by atoms with Gasteiger partial charge >= 0.3 is 5.97 Å². The molecule has 1 heterocycles. The topological polar surface area (TPSA) is 75.6 Å². The van der Waals surface area contributed by atoms with Crippen LogP contribution in [0.3, 0.4) is 0 Å². The van der Waals surface area contributed by atoms with Crippen LogP contribution >= 0.6 is 0 Å². The summed E-state index contributed by atoms with van der Waals surface area (Å²) in [6.07, 6.45) is 0.177. The zero-order valence-electron chi connectivity index (χ0n) is 11.0. The number of amides is 1. The first-order chi connectivity index (χ1) is 9.02. The molecule has 1 aliphatic rings. The lowest BCUT2D eigenvalue weighted by Gasteiger charge is -2.30. The van der Waals surface area contributed by atoms with E-state index in [2.05, 4.69) is 5.32 Å². The van der Waals surface area contributed by atoms with E-state index in [-0.39, 0.29) is 24.8 Å². The fraction of sp³-hybridized carbons (Fsp3) is 0.429. The van der Waals surface area contributed by atoms with Gasteiger partial charge < -0.3 is 15.2 Å². The molecule has 2 N–H and O–H groups in total. The Morgan fingerprint density at radius 2 is 2.21 bits per heavy atom. The van der Waals surface area contributed by atoms with Crippen LogP contribution in [0.2, 0.25) is 0 Å². The second-order valence-corrected chi connectivity index (χ2v) is 4.80. The van der Waals surface area contributed by atoms with E-state index >= 15 is 0 Å². The number of carboxylic acid groups (broad SMARTS) is 1. The molecule has 2 atom stereocenters. The van der Waals surface area contributed by atoms with Gasteiger partial charge in [-0.1, -0.05) is 17.7 Å². The van der Waals surface area contributed by atoms with Gasteiger partial charge in [0, 0.05) is 18.9 Å².